The zero-order chi connectivity index (χ0) is 24.1. The minimum absolute atomic E-state index is 0.0907. The van der Waals surface area contributed by atoms with Gasteiger partial charge in [-0.15, -0.1) is 0 Å². The molecule has 34 heavy (non-hydrogen) atoms. The van der Waals surface area contributed by atoms with E-state index >= 15 is 0 Å². The minimum atomic E-state index is -3.65. The smallest absolute Gasteiger partial charge is 0.240 e. The first-order valence-corrected chi connectivity index (χ1v) is 12.6. The summed E-state index contributed by atoms with van der Waals surface area (Å²) in [6.07, 6.45) is 0.728. The molecule has 3 aromatic rings. The maximum absolute atomic E-state index is 12.7. The molecule has 2 amide bonds. The molecule has 0 radical (unpaired) electrons. The minimum Gasteiger partial charge on any atom is -0.326 e. The van der Waals surface area contributed by atoms with Crippen molar-refractivity contribution in [3.8, 4) is 0 Å². The van der Waals surface area contributed by atoms with Gasteiger partial charge in [0.25, 0.3) is 0 Å². The van der Waals surface area contributed by atoms with Crippen LogP contribution >= 0.6 is 0 Å². The predicted molar refractivity (Wildman–Crippen MR) is 132 cm³/mol. The van der Waals surface area contributed by atoms with E-state index < -0.39 is 15.9 Å². The normalized spacial score (nSPS) is 16.0. The van der Waals surface area contributed by atoms with E-state index in [0.29, 0.717) is 18.7 Å². The number of aryl methyl sites for hydroxylation is 1. The number of hydrogen-bond acceptors (Lipinski definition) is 4. The Kier molecular flexibility index (Phi) is 7.09. The molecule has 2 N–H and O–H groups in total. The molecule has 0 saturated carbocycles. The van der Waals surface area contributed by atoms with Crippen molar-refractivity contribution in [3.63, 3.8) is 0 Å². The number of amides is 2. The van der Waals surface area contributed by atoms with Crippen LogP contribution in [0.15, 0.2) is 83.8 Å². The highest BCUT2D eigenvalue weighted by Crippen LogP contribution is 2.26. The molecule has 1 fully saturated rings. The first-order valence-electron chi connectivity index (χ1n) is 11.1. The Morgan fingerprint density at radius 3 is 2.32 bits per heavy atom. The monoisotopic (exact) mass is 477 g/mol. The molecular formula is C26H27N3O4S. The Morgan fingerprint density at radius 1 is 0.971 bits per heavy atom. The number of carbonyl (C=O) groups is 2. The Balaban J connectivity index is 1.32. The van der Waals surface area contributed by atoms with Crippen LogP contribution < -0.4 is 14.9 Å². The fourth-order valence-corrected chi connectivity index (χ4v) is 4.91. The number of rotatable bonds is 8. The molecular weight excluding hydrogens is 450 g/mol. The SMILES string of the molecule is Cc1ccc(N2CC(C(=O)Nc3ccc(S(=O)(=O)NCCc4ccccc4)cc3)CC2=O)cc1. The molecule has 1 aliphatic rings. The van der Waals surface area contributed by atoms with Gasteiger partial charge in [-0.2, -0.15) is 0 Å². The average molecular weight is 478 g/mol. The van der Waals surface area contributed by atoms with Gasteiger partial charge in [0.1, 0.15) is 0 Å². The molecule has 1 heterocycles. The topological polar surface area (TPSA) is 95.6 Å². The lowest BCUT2D eigenvalue weighted by Crippen LogP contribution is -2.28. The third kappa shape index (κ3) is 5.70. The van der Waals surface area contributed by atoms with Crippen molar-refractivity contribution in [1.29, 1.82) is 0 Å². The molecule has 8 heteroatoms. The van der Waals surface area contributed by atoms with Gasteiger partial charge < -0.3 is 10.2 Å². The quantitative estimate of drug-likeness (QED) is 0.519. The Labute approximate surface area is 199 Å². The van der Waals surface area contributed by atoms with Crippen LogP contribution in [0.25, 0.3) is 0 Å². The maximum atomic E-state index is 12.7. The maximum Gasteiger partial charge on any atom is 0.240 e. The number of nitrogens with one attached hydrogen (secondary N) is 2. The number of benzene rings is 3. The molecule has 1 unspecified atom stereocenters. The summed E-state index contributed by atoms with van der Waals surface area (Å²) in [5, 5.41) is 2.80. The third-order valence-electron chi connectivity index (χ3n) is 5.82. The number of carbonyl (C=O) groups excluding carboxylic acids is 2. The predicted octanol–water partition coefficient (Wildman–Crippen LogP) is 3.51. The molecule has 0 bridgehead atoms. The highest BCUT2D eigenvalue weighted by Gasteiger charge is 2.35. The fraction of sp³-hybridized carbons (Fsp3) is 0.231. The highest BCUT2D eigenvalue weighted by atomic mass is 32.2. The summed E-state index contributed by atoms with van der Waals surface area (Å²) in [7, 11) is -3.65. The van der Waals surface area contributed by atoms with Gasteiger partial charge in [-0.3, -0.25) is 9.59 Å². The lowest BCUT2D eigenvalue weighted by Gasteiger charge is -2.17. The Hall–Kier alpha value is -3.49. The summed E-state index contributed by atoms with van der Waals surface area (Å²) in [6.45, 7) is 2.58. The molecule has 4 rings (SSSR count). The first kappa shape index (κ1) is 23.7. The molecule has 3 aromatic carbocycles. The van der Waals surface area contributed by atoms with Crippen LogP contribution in [0.4, 0.5) is 11.4 Å². The fourth-order valence-electron chi connectivity index (χ4n) is 3.88. The Bertz CT molecular complexity index is 1260. The lowest BCUT2D eigenvalue weighted by molar-refractivity contribution is -0.122. The summed E-state index contributed by atoms with van der Waals surface area (Å²) < 4.78 is 27.7. The second kappa shape index (κ2) is 10.2. The van der Waals surface area contributed by atoms with Crippen LogP contribution in [0.3, 0.4) is 0 Å². The summed E-state index contributed by atoms with van der Waals surface area (Å²) in [5.41, 5.74) is 3.41. The molecule has 1 atom stereocenters. The van der Waals surface area contributed by atoms with Gasteiger partial charge in [0.15, 0.2) is 0 Å². The van der Waals surface area contributed by atoms with E-state index in [9.17, 15) is 18.0 Å². The summed E-state index contributed by atoms with van der Waals surface area (Å²) in [6, 6.07) is 23.3. The van der Waals surface area contributed by atoms with E-state index in [1.54, 1.807) is 17.0 Å². The largest absolute Gasteiger partial charge is 0.326 e. The van der Waals surface area contributed by atoms with Crippen LogP contribution in [-0.4, -0.2) is 33.3 Å². The number of sulfonamides is 1. The van der Waals surface area contributed by atoms with Crippen molar-refractivity contribution < 1.29 is 18.0 Å². The van der Waals surface area contributed by atoms with Crippen molar-refractivity contribution in [2.24, 2.45) is 5.92 Å². The van der Waals surface area contributed by atoms with Gasteiger partial charge in [0.05, 0.1) is 10.8 Å². The highest BCUT2D eigenvalue weighted by molar-refractivity contribution is 7.89. The second-order valence-electron chi connectivity index (χ2n) is 8.39. The summed E-state index contributed by atoms with van der Waals surface area (Å²) >= 11 is 0. The van der Waals surface area contributed by atoms with Crippen molar-refractivity contribution >= 4 is 33.2 Å². The van der Waals surface area contributed by atoms with Crippen molar-refractivity contribution in [1.82, 2.24) is 4.72 Å². The van der Waals surface area contributed by atoms with E-state index in [0.717, 1.165) is 16.8 Å². The molecule has 0 aromatic heterocycles. The van der Waals surface area contributed by atoms with Gasteiger partial charge in [-0.25, -0.2) is 13.1 Å². The molecule has 0 spiro atoms. The van der Waals surface area contributed by atoms with E-state index in [1.807, 2.05) is 61.5 Å². The molecule has 1 aliphatic heterocycles. The lowest BCUT2D eigenvalue weighted by atomic mass is 10.1. The van der Waals surface area contributed by atoms with Crippen molar-refractivity contribution in [3.05, 3.63) is 90.0 Å². The van der Waals surface area contributed by atoms with E-state index in [-0.39, 0.29) is 29.7 Å². The van der Waals surface area contributed by atoms with Crippen LogP contribution in [0.1, 0.15) is 17.5 Å². The van der Waals surface area contributed by atoms with Gasteiger partial charge in [0.2, 0.25) is 21.8 Å². The van der Waals surface area contributed by atoms with Crippen LogP contribution in [0.2, 0.25) is 0 Å². The average Bonchev–Trinajstić information content (AvgIpc) is 3.22. The first-order chi connectivity index (χ1) is 16.3. The van der Waals surface area contributed by atoms with Gasteiger partial charge in [-0.05, 0) is 55.3 Å². The zero-order valence-corrected chi connectivity index (χ0v) is 19.7. The van der Waals surface area contributed by atoms with Gasteiger partial charge in [-0.1, -0.05) is 48.0 Å². The third-order valence-corrected chi connectivity index (χ3v) is 7.30. The van der Waals surface area contributed by atoms with Gasteiger partial charge >= 0.3 is 0 Å². The van der Waals surface area contributed by atoms with E-state index in [2.05, 4.69) is 10.0 Å². The number of anilines is 2. The van der Waals surface area contributed by atoms with Crippen LogP contribution in [0, 0.1) is 12.8 Å². The van der Waals surface area contributed by atoms with E-state index in [1.165, 1.54) is 12.1 Å². The molecule has 7 nitrogen and oxygen atoms in total. The zero-order valence-electron chi connectivity index (χ0n) is 18.9. The summed E-state index contributed by atoms with van der Waals surface area (Å²) in [5.74, 6) is -0.830. The van der Waals surface area contributed by atoms with Crippen LogP contribution in [-0.2, 0) is 26.0 Å². The Morgan fingerprint density at radius 2 is 1.65 bits per heavy atom. The molecule has 0 aliphatic carbocycles. The standard InChI is InChI=1S/C26H27N3O4S/c1-19-7-11-23(12-8-19)29-18-21(17-25(29)30)26(31)28-22-9-13-24(14-10-22)34(32,33)27-16-15-20-5-3-2-4-6-20/h2-14,21,27H,15-18H2,1H3,(H,28,31). The number of nitrogens with zero attached hydrogens (tertiary/aromatic N) is 1. The second-order valence-corrected chi connectivity index (χ2v) is 10.2. The molecule has 1 saturated heterocycles. The van der Waals surface area contributed by atoms with E-state index in [4.69, 9.17) is 0 Å². The van der Waals surface area contributed by atoms with Crippen molar-refractivity contribution in [2.75, 3.05) is 23.3 Å². The summed E-state index contributed by atoms with van der Waals surface area (Å²) in [4.78, 5) is 26.9. The number of hydrogen-bond donors (Lipinski definition) is 2. The van der Waals surface area contributed by atoms with Crippen LogP contribution in [0.5, 0.6) is 0 Å². The van der Waals surface area contributed by atoms with Crippen molar-refractivity contribution in [2.45, 2.75) is 24.7 Å². The van der Waals surface area contributed by atoms with Gasteiger partial charge in [0, 0.05) is 30.9 Å². The molecule has 176 valence electrons.